The van der Waals surface area contributed by atoms with Gasteiger partial charge in [-0.05, 0) is 67.1 Å². The lowest BCUT2D eigenvalue weighted by Gasteiger charge is -2.26. The number of hydrogen-bond acceptors (Lipinski definition) is 5. The number of furan rings is 1. The molecule has 4 rings (SSSR count). The first-order valence-electron chi connectivity index (χ1n) is 9.36. The number of carboxylic acid groups (broad SMARTS) is 1. The maximum Gasteiger partial charge on any atom is 0.335 e. The van der Waals surface area contributed by atoms with E-state index in [0.29, 0.717) is 16.3 Å². The van der Waals surface area contributed by atoms with Gasteiger partial charge in [0.2, 0.25) is 0 Å². The normalized spacial score (nSPS) is 15.2. The van der Waals surface area contributed by atoms with Crippen LogP contribution in [0.3, 0.4) is 0 Å². The second kappa shape index (κ2) is 8.16. The molecular formula is C23H15ClN2O6. The third-order valence-electron chi connectivity index (χ3n) is 4.85. The zero-order chi connectivity index (χ0) is 23.0. The topological polar surface area (TPSA) is 117 Å². The molecule has 4 amide bonds. The summed E-state index contributed by atoms with van der Waals surface area (Å²) in [5.41, 5.74) is 1.40. The van der Waals surface area contributed by atoms with Crippen LogP contribution in [0.1, 0.15) is 21.7 Å². The first kappa shape index (κ1) is 21.1. The Bertz CT molecular complexity index is 1310. The number of imide groups is 2. The van der Waals surface area contributed by atoms with Gasteiger partial charge in [0.05, 0.1) is 11.3 Å². The minimum Gasteiger partial charge on any atom is -0.478 e. The lowest BCUT2D eigenvalue weighted by molar-refractivity contribution is -0.122. The number of carboxylic acids is 1. The largest absolute Gasteiger partial charge is 0.478 e. The number of barbiturate groups is 1. The molecule has 1 aliphatic heterocycles. The van der Waals surface area contributed by atoms with Crippen LogP contribution in [-0.2, 0) is 9.59 Å². The predicted molar refractivity (Wildman–Crippen MR) is 116 cm³/mol. The molecule has 0 radical (unpaired) electrons. The highest BCUT2D eigenvalue weighted by Crippen LogP contribution is 2.29. The number of benzene rings is 2. The Hall–Kier alpha value is -4.17. The molecule has 9 heteroatoms. The average molecular weight is 451 g/mol. The SMILES string of the molecule is Cc1ccc(C(=O)O)cc1-c1ccc(/C=C2\C(=O)NC(=O)N(c3ccc(Cl)cc3)C2=O)o1. The van der Waals surface area contributed by atoms with Crippen molar-refractivity contribution in [3.8, 4) is 11.3 Å². The van der Waals surface area contributed by atoms with Crippen LogP contribution in [0.5, 0.6) is 0 Å². The number of anilines is 1. The summed E-state index contributed by atoms with van der Waals surface area (Å²) in [7, 11) is 0. The van der Waals surface area contributed by atoms with Crippen LogP contribution >= 0.6 is 11.6 Å². The predicted octanol–water partition coefficient (Wildman–Crippen LogP) is 4.27. The van der Waals surface area contributed by atoms with Crippen molar-refractivity contribution in [3.05, 3.63) is 82.1 Å². The van der Waals surface area contributed by atoms with Crippen LogP contribution in [-0.4, -0.2) is 28.9 Å². The van der Waals surface area contributed by atoms with E-state index in [2.05, 4.69) is 5.32 Å². The quantitative estimate of drug-likeness (QED) is 0.452. The van der Waals surface area contributed by atoms with Gasteiger partial charge in [0.1, 0.15) is 17.1 Å². The van der Waals surface area contributed by atoms with Gasteiger partial charge >= 0.3 is 12.0 Å². The number of urea groups is 1. The smallest absolute Gasteiger partial charge is 0.335 e. The molecule has 8 nitrogen and oxygen atoms in total. The van der Waals surface area contributed by atoms with E-state index in [0.717, 1.165) is 10.5 Å². The number of carbonyl (C=O) groups excluding carboxylic acids is 3. The molecular weight excluding hydrogens is 436 g/mol. The zero-order valence-electron chi connectivity index (χ0n) is 16.6. The van der Waals surface area contributed by atoms with E-state index in [1.807, 2.05) is 0 Å². The highest BCUT2D eigenvalue weighted by atomic mass is 35.5. The fraction of sp³-hybridized carbons (Fsp3) is 0.0435. The molecule has 1 aromatic heterocycles. The first-order chi connectivity index (χ1) is 15.2. The lowest BCUT2D eigenvalue weighted by atomic mass is 10.0. The van der Waals surface area contributed by atoms with Gasteiger partial charge in [-0.25, -0.2) is 14.5 Å². The van der Waals surface area contributed by atoms with E-state index in [4.69, 9.17) is 16.0 Å². The number of aromatic carboxylic acids is 1. The standard InChI is InChI=1S/C23H15ClN2O6/c1-12-2-3-13(22(29)30)10-17(12)19-9-8-16(32-19)11-18-20(27)25-23(31)26(21(18)28)15-6-4-14(24)5-7-15/h2-11H,1H3,(H,29,30)(H,25,27,31)/b18-11+. The van der Waals surface area contributed by atoms with Gasteiger partial charge in [-0.3, -0.25) is 14.9 Å². The van der Waals surface area contributed by atoms with E-state index in [-0.39, 0.29) is 22.6 Å². The summed E-state index contributed by atoms with van der Waals surface area (Å²) in [6.07, 6.45) is 1.23. The number of hydrogen-bond donors (Lipinski definition) is 2. The van der Waals surface area contributed by atoms with Crippen molar-refractivity contribution < 1.29 is 28.7 Å². The summed E-state index contributed by atoms with van der Waals surface area (Å²) in [5.74, 6) is -2.19. The highest BCUT2D eigenvalue weighted by molar-refractivity contribution is 6.39. The molecule has 2 N–H and O–H groups in total. The van der Waals surface area contributed by atoms with Crippen molar-refractivity contribution in [3.63, 3.8) is 0 Å². The zero-order valence-corrected chi connectivity index (χ0v) is 17.3. The van der Waals surface area contributed by atoms with Gasteiger partial charge in [-0.15, -0.1) is 0 Å². The number of carbonyl (C=O) groups is 4. The molecule has 1 saturated heterocycles. The first-order valence-corrected chi connectivity index (χ1v) is 9.73. The van der Waals surface area contributed by atoms with Gasteiger partial charge in [-0.1, -0.05) is 17.7 Å². The molecule has 0 saturated carbocycles. The van der Waals surface area contributed by atoms with Crippen molar-refractivity contribution in [1.29, 1.82) is 0 Å². The molecule has 0 spiro atoms. The van der Waals surface area contributed by atoms with Crippen LogP contribution in [0.15, 0.2) is 64.6 Å². The highest BCUT2D eigenvalue weighted by Gasteiger charge is 2.37. The van der Waals surface area contributed by atoms with Crippen LogP contribution in [0.2, 0.25) is 5.02 Å². The van der Waals surface area contributed by atoms with E-state index >= 15 is 0 Å². The Morgan fingerprint density at radius 3 is 2.47 bits per heavy atom. The molecule has 0 aliphatic carbocycles. The molecule has 3 aromatic rings. The Kier molecular flexibility index (Phi) is 5.38. The molecule has 1 fully saturated rings. The second-order valence-corrected chi connectivity index (χ2v) is 7.41. The Morgan fingerprint density at radius 2 is 1.78 bits per heavy atom. The number of nitrogens with zero attached hydrogens (tertiary/aromatic N) is 1. The fourth-order valence-corrected chi connectivity index (χ4v) is 3.35. The summed E-state index contributed by atoms with van der Waals surface area (Å²) >= 11 is 5.86. The van der Waals surface area contributed by atoms with Crippen LogP contribution < -0.4 is 10.2 Å². The molecule has 2 heterocycles. The van der Waals surface area contributed by atoms with E-state index in [1.54, 1.807) is 25.1 Å². The molecule has 32 heavy (non-hydrogen) atoms. The van der Waals surface area contributed by atoms with Crippen molar-refractivity contribution in [2.75, 3.05) is 4.90 Å². The Labute approximate surface area is 186 Å². The van der Waals surface area contributed by atoms with Gasteiger partial charge in [0, 0.05) is 10.6 Å². The van der Waals surface area contributed by atoms with E-state index in [9.17, 15) is 24.3 Å². The summed E-state index contributed by atoms with van der Waals surface area (Å²) in [6, 6.07) is 12.9. The summed E-state index contributed by atoms with van der Waals surface area (Å²) in [5, 5.41) is 11.8. The van der Waals surface area contributed by atoms with Crippen LogP contribution in [0.4, 0.5) is 10.5 Å². The molecule has 160 valence electrons. The summed E-state index contributed by atoms with van der Waals surface area (Å²) < 4.78 is 5.75. The molecule has 0 bridgehead atoms. The minimum atomic E-state index is -1.07. The monoisotopic (exact) mass is 450 g/mol. The molecule has 0 unspecified atom stereocenters. The molecule has 1 aliphatic rings. The number of rotatable bonds is 4. The molecule has 2 aromatic carbocycles. The maximum absolute atomic E-state index is 12.9. The number of amides is 4. The van der Waals surface area contributed by atoms with Crippen molar-refractivity contribution in [2.24, 2.45) is 0 Å². The van der Waals surface area contributed by atoms with Crippen molar-refractivity contribution in [2.45, 2.75) is 6.92 Å². The number of nitrogens with one attached hydrogen (secondary N) is 1. The third kappa shape index (κ3) is 3.91. The minimum absolute atomic E-state index is 0.0980. The van der Waals surface area contributed by atoms with Gasteiger partial charge in [-0.2, -0.15) is 0 Å². The molecule has 0 atom stereocenters. The number of halogens is 1. The fourth-order valence-electron chi connectivity index (χ4n) is 3.22. The van der Waals surface area contributed by atoms with Crippen molar-refractivity contribution in [1.82, 2.24) is 5.32 Å². The van der Waals surface area contributed by atoms with Crippen LogP contribution in [0, 0.1) is 6.92 Å². The average Bonchev–Trinajstić information content (AvgIpc) is 3.21. The maximum atomic E-state index is 12.9. The van der Waals surface area contributed by atoms with Crippen LogP contribution in [0.25, 0.3) is 17.4 Å². The van der Waals surface area contributed by atoms with Gasteiger partial charge < -0.3 is 9.52 Å². The van der Waals surface area contributed by atoms with Gasteiger partial charge in [0.15, 0.2) is 0 Å². The summed E-state index contributed by atoms with van der Waals surface area (Å²) in [6.45, 7) is 1.80. The second-order valence-electron chi connectivity index (χ2n) is 6.97. The van der Waals surface area contributed by atoms with Crippen molar-refractivity contribution >= 4 is 47.2 Å². The van der Waals surface area contributed by atoms with Gasteiger partial charge in [0.25, 0.3) is 11.8 Å². The van der Waals surface area contributed by atoms with E-state index in [1.165, 1.54) is 42.5 Å². The Balaban J connectivity index is 1.69. The Morgan fingerprint density at radius 1 is 1.06 bits per heavy atom. The third-order valence-corrected chi connectivity index (χ3v) is 5.10. The van der Waals surface area contributed by atoms with E-state index < -0.39 is 23.8 Å². The lowest BCUT2D eigenvalue weighted by Crippen LogP contribution is -2.54. The number of aryl methyl sites for hydroxylation is 1. The summed E-state index contributed by atoms with van der Waals surface area (Å²) in [4.78, 5) is 49.6.